The van der Waals surface area contributed by atoms with Gasteiger partial charge < -0.3 is 4.90 Å². The van der Waals surface area contributed by atoms with E-state index < -0.39 is 0 Å². The zero-order valence-corrected chi connectivity index (χ0v) is 15.5. The molecular formula is C24H21N3O. The fraction of sp³-hybridized carbons (Fsp3) is 0.0833. The lowest BCUT2D eigenvalue weighted by atomic mass is 10.1. The zero-order chi connectivity index (χ0) is 19.2. The van der Waals surface area contributed by atoms with Crippen molar-refractivity contribution in [1.82, 2.24) is 14.7 Å². The zero-order valence-electron chi connectivity index (χ0n) is 15.5. The molecule has 0 fully saturated rings. The quantitative estimate of drug-likeness (QED) is 0.495. The predicted octanol–water partition coefficient (Wildman–Crippen LogP) is 4.71. The van der Waals surface area contributed by atoms with Gasteiger partial charge >= 0.3 is 0 Å². The smallest absolute Gasteiger partial charge is 0.254 e. The Kier molecular flexibility index (Phi) is 5.29. The molecule has 4 heteroatoms. The van der Waals surface area contributed by atoms with E-state index in [1.165, 1.54) is 0 Å². The minimum absolute atomic E-state index is 0.00159. The number of carbonyl (C=O) groups excluding carboxylic acids is 1. The predicted molar refractivity (Wildman–Crippen MR) is 110 cm³/mol. The lowest BCUT2D eigenvalue weighted by Crippen LogP contribution is -2.30. The molecular weight excluding hydrogens is 346 g/mol. The Bertz CT molecular complexity index is 986. The van der Waals surface area contributed by atoms with Crippen molar-refractivity contribution in [3.63, 3.8) is 0 Å². The van der Waals surface area contributed by atoms with Crippen molar-refractivity contribution in [2.45, 2.75) is 13.1 Å². The molecule has 3 aromatic carbocycles. The van der Waals surface area contributed by atoms with Gasteiger partial charge in [0.05, 0.1) is 5.69 Å². The Hall–Kier alpha value is -3.66. The van der Waals surface area contributed by atoms with Gasteiger partial charge in [-0.15, -0.1) is 0 Å². The van der Waals surface area contributed by atoms with Crippen molar-refractivity contribution in [1.29, 1.82) is 0 Å². The highest BCUT2D eigenvalue weighted by Gasteiger charge is 2.17. The molecule has 1 heterocycles. The van der Waals surface area contributed by atoms with E-state index in [2.05, 4.69) is 5.10 Å². The summed E-state index contributed by atoms with van der Waals surface area (Å²) < 4.78 is 1.76. The van der Waals surface area contributed by atoms with Gasteiger partial charge in [-0.1, -0.05) is 66.7 Å². The van der Waals surface area contributed by atoms with Gasteiger partial charge in [0.25, 0.3) is 5.91 Å². The molecule has 0 unspecified atom stereocenters. The van der Waals surface area contributed by atoms with Crippen molar-refractivity contribution in [3.8, 4) is 5.69 Å². The van der Waals surface area contributed by atoms with Crippen LogP contribution in [-0.4, -0.2) is 20.6 Å². The first-order valence-corrected chi connectivity index (χ1v) is 9.27. The number of nitrogens with zero attached hydrogens (tertiary/aromatic N) is 3. The molecule has 0 aliphatic carbocycles. The van der Waals surface area contributed by atoms with Gasteiger partial charge in [0, 0.05) is 31.0 Å². The monoisotopic (exact) mass is 367 g/mol. The highest BCUT2D eigenvalue weighted by molar-refractivity contribution is 5.94. The largest absolute Gasteiger partial charge is 0.330 e. The lowest BCUT2D eigenvalue weighted by Gasteiger charge is -2.23. The number of carbonyl (C=O) groups is 1. The van der Waals surface area contributed by atoms with Gasteiger partial charge in [-0.25, -0.2) is 4.68 Å². The van der Waals surface area contributed by atoms with Crippen LogP contribution in [-0.2, 0) is 13.1 Å². The minimum atomic E-state index is 0.00159. The van der Waals surface area contributed by atoms with Crippen molar-refractivity contribution >= 4 is 5.91 Å². The molecule has 0 atom stereocenters. The van der Waals surface area contributed by atoms with Crippen LogP contribution in [0.2, 0.25) is 0 Å². The molecule has 138 valence electrons. The third kappa shape index (κ3) is 4.18. The maximum absolute atomic E-state index is 13.4. The summed E-state index contributed by atoms with van der Waals surface area (Å²) in [4.78, 5) is 15.3. The number of hydrogen-bond acceptors (Lipinski definition) is 2. The van der Waals surface area contributed by atoms with Crippen molar-refractivity contribution in [2.75, 3.05) is 0 Å². The van der Waals surface area contributed by atoms with Crippen LogP contribution in [0, 0.1) is 0 Å². The molecule has 0 aliphatic rings. The van der Waals surface area contributed by atoms with Crippen LogP contribution in [0.5, 0.6) is 0 Å². The number of amides is 1. The summed E-state index contributed by atoms with van der Waals surface area (Å²) in [6.45, 7) is 1.11. The Morgan fingerprint density at radius 1 is 0.786 bits per heavy atom. The van der Waals surface area contributed by atoms with E-state index in [1.54, 1.807) is 10.9 Å². The van der Waals surface area contributed by atoms with E-state index in [9.17, 15) is 4.79 Å². The normalized spacial score (nSPS) is 10.6. The van der Waals surface area contributed by atoms with Crippen LogP contribution in [0.15, 0.2) is 103 Å². The topological polar surface area (TPSA) is 38.1 Å². The molecule has 0 aliphatic heterocycles. The summed E-state index contributed by atoms with van der Waals surface area (Å²) in [6.07, 6.45) is 3.60. The summed E-state index contributed by atoms with van der Waals surface area (Å²) in [7, 11) is 0. The van der Waals surface area contributed by atoms with Crippen LogP contribution in [0.1, 0.15) is 21.5 Å². The SMILES string of the molecule is O=C(c1cccc(-n2cccn2)c1)N(Cc1ccccc1)Cc1ccccc1. The molecule has 0 saturated carbocycles. The number of benzene rings is 3. The van der Waals surface area contributed by atoms with E-state index in [4.69, 9.17) is 0 Å². The van der Waals surface area contributed by atoms with Crippen LogP contribution < -0.4 is 0 Å². The summed E-state index contributed by atoms with van der Waals surface area (Å²) in [5, 5.41) is 4.26. The fourth-order valence-corrected chi connectivity index (χ4v) is 3.19. The second-order valence-corrected chi connectivity index (χ2v) is 6.63. The third-order valence-corrected chi connectivity index (χ3v) is 4.58. The average Bonchev–Trinajstić information content (AvgIpc) is 3.29. The first kappa shape index (κ1) is 17.7. The van der Waals surface area contributed by atoms with Crippen LogP contribution >= 0.6 is 0 Å². The van der Waals surface area contributed by atoms with E-state index in [0.717, 1.165) is 16.8 Å². The highest BCUT2D eigenvalue weighted by atomic mass is 16.2. The number of aromatic nitrogens is 2. The summed E-state index contributed by atoms with van der Waals surface area (Å²) in [5.41, 5.74) is 3.74. The van der Waals surface area contributed by atoms with Crippen molar-refractivity contribution < 1.29 is 4.79 Å². The van der Waals surface area contributed by atoms with E-state index >= 15 is 0 Å². The molecule has 1 amide bonds. The van der Waals surface area contributed by atoms with E-state index in [1.807, 2.05) is 102 Å². The van der Waals surface area contributed by atoms with Crippen molar-refractivity contribution in [3.05, 3.63) is 120 Å². The maximum Gasteiger partial charge on any atom is 0.254 e. The molecule has 28 heavy (non-hydrogen) atoms. The van der Waals surface area contributed by atoms with Crippen molar-refractivity contribution in [2.24, 2.45) is 0 Å². The molecule has 0 bridgehead atoms. The van der Waals surface area contributed by atoms with Crippen LogP contribution in [0.25, 0.3) is 5.69 Å². The Morgan fingerprint density at radius 2 is 1.43 bits per heavy atom. The molecule has 1 aromatic heterocycles. The van der Waals surface area contributed by atoms with Gasteiger partial charge in [-0.05, 0) is 35.4 Å². The number of hydrogen-bond donors (Lipinski definition) is 0. The molecule has 0 N–H and O–H groups in total. The van der Waals surface area contributed by atoms with Gasteiger partial charge in [0.15, 0.2) is 0 Å². The van der Waals surface area contributed by atoms with Gasteiger partial charge in [0.1, 0.15) is 0 Å². The van der Waals surface area contributed by atoms with Gasteiger partial charge in [-0.3, -0.25) is 4.79 Å². The molecule has 4 nitrogen and oxygen atoms in total. The Morgan fingerprint density at radius 3 is 2.00 bits per heavy atom. The third-order valence-electron chi connectivity index (χ3n) is 4.58. The summed E-state index contributed by atoms with van der Waals surface area (Å²) in [6, 6.07) is 29.6. The standard InChI is InChI=1S/C24H21N3O/c28-24(22-13-7-14-23(17-22)27-16-8-15-25-27)26(18-20-9-3-1-4-10-20)19-21-11-5-2-6-12-21/h1-17H,18-19H2. The fourth-order valence-electron chi connectivity index (χ4n) is 3.19. The maximum atomic E-state index is 13.4. The summed E-state index contributed by atoms with van der Waals surface area (Å²) in [5.74, 6) is 0.00159. The first-order valence-electron chi connectivity index (χ1n) is 9.27. The van der Waals surface area contributed by atoms with Gasteiger partial charge in [-0.2, -0.15) is 5.10 Å². The van der Waals surface area contributed by atoms with Crippen LogP contribution in [0.3, 0.4) is 0 Å². The molecule has 4 rings (SSSR count). The highest BCUT2D eigenvalue weighted by Crippen LogP contribution is 2.16. The molecule has 0 spiro atoms. The minimum Gasteiger partial charge on any atom is -0.330 e. The molecule has 4 aromatic rings. The van der Waals surface area contributed by atoms with Crippen LogP contribution in [0.4, 0.5) is 0 Å². The van der Waals surface area contributed by atoms with E-state index in [0.29, 0.717) is 18.7 Å². The van der Waals surface area contributed by atoms with Gasteiger partial charge in [0.2, 0.25) is 0 Å². The Labute approximate surface area is 164 Å². The Balaban J connectivity index is 1.63. The second kappa shape index (κ2) is 8.35. The second-order valence-electron chi connectivity index (χ2n) is 6.63. The first-order chi connectivity index (χ1) is 13.8. The number of rotatable bonds is 6. The molecule has 0 saturated heterocycles. The lowest BCUT2D eigenvalue weighted by molar-refractivity contribution is 0.0730. The molecule has 0 radical (unpaired) electrons. The van der Waals surface area contributed by atoms with E-state index in [-0.39, 0.29) is 5.91 Å². The average molecular weight is 367 g/mol. The summed E-state index contributed by atoms with van der Waals surface area (Å²) >= 11 is 0.